The van der Waals surface area contributed by atoms with Crippen LogP contribution in [0.3, 0.4) is 0 Å². The zero-order valence-electron chi connectivity index (χ0n) is 13.1. The molecular formula is C18H23N3O. The number of piperidine rings is 1. The summed E-state index contributed by atoms with van der Waals surface area (Å²) < 4.78 is 0. The minimum Gasteiger partial charge on any atom is -0.342 e. The molecule has 4 heteroatoms. The van der Waals surface area contributed by atoms with Gasteiger partial charge in [0.15, 0.2) is 0 Å². The monoisotopic (exact) mass is 297 g/mol. The fourth-order valence-corrected chi connectivity index (χ4v) is 3.84. The Kier molecular flexibility index (Phi) is 4.17. The van der Waals surface area contributed by atoms with E-state index in [1.165, 1.54) is 6.42 Å². The van der Waals surface area contributed by atoms with Crippen LogP contribution in [0.1, 0.15) is 30.4 Å². The second-order valence-electron chi connectivity index (χ2n) is 6.65. The summed E-state index contributed by atoms with van der Waals surface area (Å²) >= 11 is 0. The first-order valence-corrected chi connectivity index (χ1v) is 8.09. The van der Waals surface area contributed by atoms with Gasteiger partial charge in [-0.05, 0) is 55.8 Å². The molecule has 4 nitrogen and oxygen atoms in total. The molecule has 22 heavy (non-hydrogen) atoms. The standard InChI is InChI=1S/C18H23N3O/c1-20-13-16-11-18(16)6-8-21(9-7-18)17(22)10-14-4-2-3-5-15(14)12-19/h2-5,16,20H,6-11,13H2,1H3. The van der Waals surface area contributed by atoms with Crippen molar-refractivity contribution in [3.63, 3.8) is 0 Å². The highest BCUT2D eigenvalue weighted by molar-refractivity contribution is 5.79. The van der Waals surface area contributed by atoms with Gasteiger partial charge in [0.05, 0.1) is 18.1 Å². The molecule has 1 unspecified atom stereocenters. The van der Waals surface area contributed by atoms with Crippen molar-refractivity contribution < 1.29 is 4.79 Å². The zero-order valence-corrected chi connectivity index (χ0v) is 13.1. The van der Waals surface area contributed by atoms with Crippen LogP contribution in [-0.2, 0) is 11.2 Å². The van der Waals surface area contributed by atoms with Gasteiger partial charge in [0.2, 0.25) is 5.91 Å². The van der Waals surface area contributed by atoms with Crippen molar-refractivity contribution in [2.24, 2.45) is 11.3 Å². The highest BCUT2D eigenvalue weighted by Gasteiger charge is 2.54. The summed E-state index contributed by atoms with van der Waals surface area (Å²) in [4.78, 5) is 14.5. The molecule has 1 N–H and O–H groups in total. The van der Waals surface area contributed by atoms with Crippen molar-refractivity contribution >= 4 is 5.91 Å². The lowest BCUT2D eigenvalue weighted by Crippen LogP contribution is -2.40. The zero-order chi connectivity index (χ0) is 15.6. The van der Waals surface area contributed by atoms with Crippen LogP contribution < -0.4 is 5.32 Å². The number of carbonyl (C=O) groups excluding carboxylic acids is 1. The molecule has 0 bridgehead atoms. The minimum atomic E-state index is 0.156. The Hall–Kier alpha value is -1.86. The van der Waals surface area contributed by atoms with Gasteiger partial charge in [-0.15, -0.1) is 0 Å². The van der Waals surface area contributed by atoms with Crippen molar-refractivity contribution in [1.82, 2.24) is 10.2 Å². The molecular weight excluding hydrogens is 274 g/mol. The molecule has 1 aromatic rings. The first-order valence-electron chi connectivity index (χ1n) is 8.09. The van der Waals surface area contributed by atoms with Gasteiger partial charge in [0.1, 0.15) is 0 Å². The molecule has 0 radical (unpaired) electrons. The van der Waals surface area contributed by atoms with Crippen LogP contribution in [0.4, 0.5) is 0 Å². The summed E-state index contributed by atoms with van der Waals surface area (Å²) in [7, 11) is 2.01. The number of rotatable bonds is 4. The summed E-state index contributed by atoms with van der Waals surface area (Å²) in [5.41, 5.74) is 1.96. The van der Waals surface area contributed by atoms with Crippen LogP contribution in [0, 0.1) is 22.7 Å². The van der Waals surface area contributed by atoms with Gasteiger partial charge in [0.25, 0.3) is 0 Å². The van der Waals surface area contributed by atoms with Crippen molar-refractivity contribution in [2.75, 3.05) is 26.7 Å². The van der Waals surface area contributed by atoms with Crippen LogP contribution in [0.25, 0.3) is 0 Å². The molecule has 1 saturated carbocycles. The van der Waals surface area contributed by atoms with E-state index in [0.29, 0.717) is 17.4 Å². The average Bonchev–Trinajstić information content (AvgIpc) is 3.20. The van der Waals surface area contributed by atoms with Gasteiger partial charge in [0, 0.05) is 13.1 Å². The van der Waals surface area contributed by atoms with E-state index in [2.05, 4.69) is 11.4 Å². The number of hydrogen-bond acceptors (Lipinski definition) is 3. The van der Waals surface area contributed by atoms with Crippen LogP contribution in [-0.4, -0.2) is 37.5 Å². The van der Waals surface area contributed by atoms with Crippen LogP contribution >= 0.6 is 0 Å². The lowest BCUT2D eigenvalue weighted by atomic mass is 9.90. The third-order valence-electron chi connectivity index (χ3n) is 5.40. The number of amides is 1. The SMILES string of the molecule is CNCC1CC12CCN(C(=O)Cc1ccccc1C#N)CC2. The Morgan fingerprint density at radius 3 is 2.82 bits per heavy atom. The normalized spacial score (nSPS) is 22.4. The number of nitrogens with zero attached hydrogens (tertiary/aromatic N) is 2. The average molecular weight is 297 g/mol. The van der Waals surface area contributed by atoms with E-state index in [1.807, 2.05) is 30.1 Å². The Balaban J connectivity index is 1.56. The Morgan fingerprint density at radius 2 is 2.14 bits per heavy atom. The molecule has 1 amide bonds. The maximum Gasteiger partial charge on any atom is 0.227 e. The van der Waals surface area contributed by atoms with Crippen molar-refractivity contribution in [2.45, 2.75) is 25.7 Å². The Morgan fingerprint density at radius 1 is 1.41 bits per heavy atom. The predicted molar refractivity (Wildman–Crippen MR) is 85.1 cm³/mol. The molecule has 2 aliphatic rings. The maximum absolute atomic E-state index is 12.5. The highest BCUT2D eigenvalue weighted by atomic mass is 16.2. The molecule has 1 aliphatic carbocycles. The first kappa shape index (κ1) is 15.1. The number of carbonyl (C=O) groups is 1. The number of nitrogens with one attached hydrogen (secondary N) is 1. The van der Waals surface area contributed by atoms with Crippen LogP contribution in [0.2, 0.25) is 0 Å². The highest BCUT2D eigenvalue weighted by Crippen LogP contribution is 2.58. The molecule has 1 spiro atoms. The molecule has 1 aliphatic heterocycles. The Bertz CT molecular complexity index is 597. The van der Waals surface area contributed by atoms with Gasteiger partial charge in [-0.25, -0.2) is 0 Å². The van der Waals surface area contributed by atoms with Crippen LogP contribution in [0.5, 0.6) is 0 Å². The van der Waals surface area contributed by atoms with Gasteiger partial charge in [-0.3, -0.25) is 4.79 Å². The maximum atomic E-state index is 12.5. The van der Waals surface area contributed by atoms with E-state index in [1.54, 1.807) is 6.07 Å². The van der Waals surface area contributed by atoms with E-state index < -0.39 is 0 Å². The van der Waals surface area contributed by atoms with E-state index >= 15 is 0 Å². The summed E-state index contributed by atoms with van der Waals surface area (Å²) in [6.07, 6.45) is 3.92. The lowest BCUT2D eigenvalue weighted by molar-refractivity contribution is -0.132. The minimum absolute atomic E-state index is 0.156. The quantitative estimate of drug-likeness (QED) is 0.924. The molecule has 1 saturated heterocycles. The van der Waals surface area contributed by atoms with Crippen LogP contribution in [0.15, 0.2) is 24.3 Å². The molecule has 0 aromatic heterocycles. The predicted octanol–water partition coefficient (Wildman–Crippen LogP) is 1.95. The number of nitriles is 1. The van der Waals surface area contributed by atoms with E-state index in [-0.39, 0.29) is 5.91 Å². The fraction of sp³-hybridized carbons (Fsp3) is 0.556. The largest absolute Gasteiger partial charge is 0.342 e. The molecule has 1 atom stereocenters. The van der Waals surface area contributed by atoms with Crippen molar-refractivity contribution in [3.05, 3.63) is 35.4 Å². The summed E-state index contributed by atoms with van der Waals surface area (Å²) in [5.74, 6) is 0.956. The van der Waals surface area contributed by atoms with Crippen molar-refractivity contribution in [1.29, 1.82) is 5.26 Å². The van der Waals surface area contributed by atoms with Gasteiger partial charge in [-0.1, -0.05) is 18.2 Å². The topological polar surface area (TPSA) is 56.1 Å². The number of benzene rings is 1. The smallest absolute Gasteiger partial charge is 0.227 e. The molecule has 116 valence electrons. The number of hydrogen-bond donors (Lipinski definition) is 1. The fourth-order valence-electron chi connectivity index (χ4n) is 3.84. The number of likely N-dealkylation sites (tertiary alicyclic amines) is 1. The summed E-state index contributed by atoms with van der Waals surface area (Å²) in [5, 5.41) is 12.4. The third kappa shape index (κ3) is 2.86. The lowest BCUT2D eigenvalue weighted by Gasteiger charge is -2.33. The first-order chi connectivity index (χ1) is 10.7. The third-order valence-corrected chi connectivity index (χ3v) is 5.40. The molecule has 3 rings (SSSR count). The summed E-state index contributed by atoms with van der Waals surface area (Å²) in [6.45, 7) is 2.84. The second kappa shape index (κ2) is 6.10. The molecule has 1 heterocycles. The Labute approximate surface area is 132 Å². The molecule has 1 aromatic carbocycles. The van der Waals surface area contributed by atoms with Crippen molar-refractivity contribution in [3.8, 4) is 6.07 Å². The van der Waals surface area contributed by atoms with Gasteiger partial charge < -0.3 is 10.2 Å². The second-order valence-corrected chi connectivity index (χ2v) is 6.65. The van der Waals surface area contributed by atoms with E-state index in [9.17, 15) is 4.79 Å². The summed E-state index contributed by atoms with van der Waals surface area (Å²) in [6, 6.07) is 9.56. The molecule has 2 fully saturated rings. The van der Waals surface area contributed by atoms with Gasteiger partial charge >= 0.3 is 0 Å². The van der Waals surface area contributed by atoms with Gasteiger partial charge in [-0.2, -0.15) is 5.26 Å². The van der Waals surface area contributed by atoms with E-state index in [0.717, 1.165) is 44.0 Å². The van der Waals surface area contributed by atoms with E-state index in [4.69, 9.17) is 5.26 Å².